The number of hydrogen-bond acceptors (Lipinski definition) is 7. The molecule has 4 aromatic rings. The lowest BCUT2D eigenvalue weighted by atomic mass is 9.98. The van der Waals surface area contributed by atoms with E-state index in [-0.39, 0.29) is 23.0 Å². The molecular weight excluding hydrogens is 490 g/mol. The van der Waals surface area contributed by atoms with Gasteiger partial charge >= 0.3 is 10.1 Å². The quantitative estimate of drug-likeness (QED) is 0.325. The summed E-state index contributed by atoms with van der Waals surface area (Å²) in [6, 6.07) is 22.3. The molecule has 3 aromatic carbocycles. The Kier molecular flexibility index (Phi) is 7.87. The molecule has 0 spiro atoms. The zero-order valence-corrected chi connectivity index (χ0v) is 21.4. The molecule has 1 heterocycles. The number of likely N-dealkylation sites (N-methyl/N-ethyl adjacent to an activating group) is 1. The summed E-state index contributed by atoms with van der Waals surface area (Å²) < 4.78 is 30.9. The van der Waals surface area contributed by atoms with E-state index in [0.29, 0.717) is 16.5 Å². The van der Waals surface area contributed by atoms with E-state index in [4.69, 9.17) is 9.92 Å². The molecule has 8 nitrogen and oxygen atoms in total. The molecule has 0 aliphatic carbocycles. The number of nitrogens with zero attached hydrogens (tertiary/aromatic N) is 2. The molecule has 0 fully saturated rings. The average Bonchev–Trinajstić information content (AvgIpc) is 2.93. The van der Waals surface area contributed by atoms with Crippen molar-refractivity contribution in [3.63, 3.8) is 0 Å². The molecule has 3 N–H and O–H groups in total. The SMILES string of the molecule is C[C@H]([C@H](O)c1ccccc1)N(C)C(=O)[C@@H](N)Cc1ccc(OS(=O)(=O)c2ccccc2)c2ncccc12. The van der Waals surface area contributed by atoms with Crippen LogP contribution in [-0.4, -0.2) is 48.4 Å². The van der Waals surface area contributed by atoms with E-state index in [9.17, 15) is 18.3 Å². The van der Waals surface area contributed by atoms with Crippen LogP contribution in [0.25, 0.3) is 10.9 Å². The molecule has 3 atom stereocenters. The topological polar surface area (TPSA) is 123 Å². The molecule has 0 saturated carbocycles. The highest BCUT2D eigenvalue weighted by molar-refractivity contribution is 7.87. The fourth-order valence-electron chi connectivity index (χ4n) is 4.13. The van der Waals surface area contributed by atoms with E-state index in [1.165, 1.54) is 23.1 Å². The molecule has 0 bridgehead atoms. The van der Waals surface area contributed by atoms with Gasteiger partial charge in [0.15, 0.2) is 5.75 Å². The first-order valence-corrected chi connectivity index (χ1v) is 13.2. The van der Waals surface area contributed by atoms with Gasteiger partial charge in [0.1, 0.15) is 10.4 Å². The largest absolute Gasteiger partial charge is 0.386 e. The van der Waals surface area contributed by atoms with Gasteiger partial charge < -0.3 is 19.9 Å². The van der Waals surface area contributed by atoms with E-state index in [1.807, 2.05) is 18.2 Å². The molecule has 9 heteroatoms. The maximum Gasteiger partial charge on any atom is 0.339 e. The summed E-state index contributed by atoms with van der Waals surface area (Å²) in [6.07, 6.45) is 0.862. The van der Waals surface area contributed by atoms with Gasteiger partial charge in [-0.1, -0.05) is 60.7 Å². The predicted octanol–water partition coefficient (Wildman–Crippen LogP) is 3.45. The lowest BCUT2D eigenvalue weighted by Gasteiger charge is -2.31. The summed E-state index contributed by atoms with van der Waals surface area (Å²) in [5.41, 5.74) is 8.09. The van der Waals surface area contributed by atoms with Crippen LogP contribution in [0.3, 0.4) is 0 Å². The Morgan fingerprint density at radius 2 is 1.65 bits per heavy atom. The molecule has 0 aliphatic rings. The molecule has 192 valence electrons. The minimum absolute atomic E-state index is 0.0330. The highest BCUT2D eigenvalue weighted by Crippen LogP contribution is 2.30. The van der Waals surface area contributed by atoms with Crippen LogP contribution in [0.1, 0.15) is 24.2 Å². The fourth-order valence-corrected chi connectivity index (χ4v) is 5.09. The Hall–Kier alpha value is -3.79. The summed E-state index contributed by atoms with van der Waals surface area (Å²) in [7, 11) is -2.44. The lowest BCUT2D eigenvalue weighted by Crippen LogP contribution is -2.48. The molecule has 0 radical (unpaired) electrons. The van der Waals surface area contributed by atoms with E-state index in [2.05, 4.69) is 4.98 Å². The molecule has 1 aromatic heterocycles. The van der Waals surface area contributed by atoms with Crippen molar-refractivity contribution < 1.29 is 22.5 Å². The molecule has 1 amide bonds. The Balaban J connectivity index is 1.54. The summed E-state index contributed by atoms with van der Waals surface area (Å²) in [5.74, 6) is -0.244. The molecule has 0 aliphatic heterocycles. The van der Waals surface area contributed by atoms with Crippen molar-refractivity contribution in [2.24, 2.45) is 5.73 Å². The van der Waals surface area contributed by atoms with E-state index in [1.54, 1.807) is 68.7 Å². The summed E-state index contributed by atoms with van der Waals surface area (Å²) >= 11 is 0. The van der Waals surface area contributed by atoms with Crippen LogP contribution in [-0.2, 0) is 21.3 Å². The van der Waals surface area contributed by atoms with Crippen LogP contribution in [0.4, 0.5) is 0 Å². The number of rotatable bonds is 9. The number of aromatic nitrogens is 1. The first kappa shape index (κ1) is 26.3. The van der Waals surface area contributed by atoms with Crippen LogP contribution in [0.15, 0.2) is 96.0 Å². The molecule has 4 rings (SSSR count). The second-order valence-electron chi connectivity index (χ2n) is 8.83. The Morgan fingerprint density at radius 1 is 1.00 bits per heavy atom. The first-order valence-electron chi connectivity index (χ1n) is 11.8. The molecular formula is C28H29N3O5S. The zero-order valence-electron chi connectivity index (χ0n) is 20.6. The van der Waals surface area contributed by atoms with Gasteiger partial charge in [-0.25, -0.2) is 0 Å². The fraction of sp³-hybridized carbons (Fsp3) is 0.214. The monoisotopic (exact) mass is 519 g/mol. The van der Waals surface area contributed by atoms with Crippen LogP contribution >= 0.6 is 0 Å². The highest BCUT2D eigenvalue weighted by Gasteiger charge is 2.28. The number of aliphatic hydroxyl groups is 1. The summed E-state index contributed by atoms with van der Waals surface area (Å²) in [6.45, 7) is 1.76. The highest BCUT2D eigenvalue weighted by atomic mass is 32.2. The van der Waals surface area contributed by atoms with E-state index < -0.39 is 28.3 Å². The van der Waals surface area contributed by atoms with Gasteiger partial charge in [-0.15, -0.1) is 0 Å². The second-order valence-corrected chi connectivity index (χ2v) is 10.4. The Bertz CT molecular complexity index is 1480. The Labute approximate surface area is 216 Å². The number of aliphatic hydroxyl groups excluding tert-OH is 1. The van der Waals surface area contributed by atoms with Crippen molar-refractivity contribution in [1.82, 2.24) is 9.88 Å². The molecule has 0 saturated heterocycles. The van der Waals surface area contributed by atoms with Gasteiger partial charge in [-0.3, -0.25) is 9.78 Å². The third kappa shape index (κ3) is 5.80. The van der Waals surface area contributed by atoms with Gasteiger partial charge in [0.05, 0.1) is 18.2 Å². The van der Waals surface area contributed by atoms with Crippen molar-refractivity contribution >= 4 is 26.9 Å². The van der Waals surface area contributed by atoms with Gasteiger partial charge in [0.2, 0.25) is 5.91 Å². The van der Waals surface area contributed by atoms with Gasteiger partial charge in [-0.2, -0.15) is 8.42 Å². The van der Waals surface area contributed by atoms with Crippen molar-refractivity contribution in [3.05, 3.63) is 102 Å². The average molecular weight is 520 g/mol. The molecule has 37 heavy (non-hydrogen) atoms. The van der Waals surface area contributed by atoms with E-state index >= 15 is 0 Å². The maximum absolute atomic E-state index is 13.1. The van der Waals surface area contributed by atoms with Gasteiger partial charge in [0.25, 0.3) is 0 Å². The number of benzene rings is 3. The van der Waals surface area contributed by atoms with Crippen LogP contribution < -0.4 is 9.92 Å². The minimum atomic E-state index is -4.06. The van der Waals surface area contributed by atoms with Crippen LogP contribution in [0, 0.1) is 0 Å². The summed E-state index contributed by atoms with van der Waals surface area (Å²) in [5, 5.41) is 11.4. The molecule has 0 unspecified atom stereocenters. The maximum atomic E-state index is 13.1. The van der Waals surface area contributed by atoms with Crippen LogP contribution in [0.2, 0.25) is 0 Å². The number of amides is 1. The number of pyridine rings is 1. The summed E-state index contributed by atoms with van der Waals surface area (Å²) in [4.78, 5) is 19.0. The number of nitrogens with two attached hydrogens (primary N) is 1. The number of fused-ring (bicyclic) bond motifs is 1. The second kappa shape index (κ2) is 11.1. The zero-order chi connectivity index (χ0) is 26.6. The minimum Gasteiger partial charge on any atom is -0.386 e. The van der Waals surface area contributed by atoms with Crippen LogP contribution in [0.5, 0.6) is 5.75 Å². The predicted molar refractivity (Wildman–Crippen MR) is 141 cm³/mol. The third-order valence-electron chi connectivity index (χ3n) is 6.37. The lowest BCUT2D eigenvalue weighted by molar-refractivity contribution is -0.135. The van der Waals surface area contributed by atoms with Gasteiger partial charge in [0, 0.05) is 18.6 Å². The smallest absolute Gasteiger partial charge is 0.339 e. The number of carbonyl (C=O) groups excluding carboxylic acids is 1. The van der Waals surface area contributed by atoms with Gasteiger partial charge in [-0.05, 0) is 48.7 Å². The first-order chi connectivity index (χ1) is 17.7. The van der Waals surface area contributed by atoms with Crippen molar-refractivity contribution in [3.8, 4) is 5.75 Å². The Morgan fingerprint density at radius 3 is 2.32 bits per heavy atom. The van der Waals surface area contributed by atoms with E-state index in [0.717, 1.165) is 5.56 Å². The normalized spacial score (nSPS) is 14.1. The third-order valence-corrected chi connectivity index (χ3v) is 7.62. The van der Waals surface area contributed by atoms with Crippen molar-refractivity contribution in [1.29, 1.82) is 0 Å². The van der Waals surface area contributed by atoms with Crippen molar-refractivity contribution in [2.45, 2.75) is 36.4 Å². The number of hydrogen-bond donors (Lipinski definition) is 2. The number of carbonyl (C=O) groups is 1. The van der Waals surface area contributed by atoms with Crippen molar-refractivity contribution in [2.75, 3.05) is 7.05 Å². The standard InChI is InChI=1S/C28H29N3O5S/c1-19(27(32)20-10-5-3-6-11-20)31(2)28(33)24(29)18-21-15-16-25(26-23(21)14-9-17-30-26)36-37(34,35)22-12-7-4-8-13-22/h3-17,19,24,27,32H,18,29H2,1-2H3/t19-,24+,27+/m1/s1.